The number of hydrogen-bond acceptors (Lipinski definition) is 8. The average molecular weight is 298 g/mol. The third-order valence-corrected chi connectivity index (χ3v) is 3.45. The van der Waals surface area contributed by atoms with Crippen molar-refractivity contribution in [3.63, 3.8) is 0 Å². The first kappa shape index (κ1) is 15.1. The molecule has 2 fully saturated rings. The first-order chi connectivity index (χ1) is 8.59. The second kappa shape index (κ2) is 4.92. The smallest absolute Gasteiger partial charge is 0.264 e. The molecule has 19 heavy (non-hydrogen) atoms. The summed E-state index contributed by atoms with van der Waals surface area (Å²) in [5.41, 5.74) is 0. The molecular weight excluding hydrogens is 280 g/mol. The minimum Gasteiger partial charge on any atom is -0.388 e. The molecule has 0 aromatic heterocycles. The summed E-state index contributed by atoms with van der Waals surface area (Å²) in [5.74, 6) is -0.866. The quantitative estimate of drug-likeness (QED) is 0.607. The SMILES string of the molecule is CC1(C)O[C@H]2O[C@H]([C@H](O)COS(C)(=O)=O)[C@H](O)[C@H]2O1. The number of aliphatic hydroxyl groups excluding tert-OH is 2. The van der Waals surface area contributed by atoms with Gasteiger partial charge in [0.2, 0.25) is 0 Å². The molecule has 0 unspecified atom stereocenters. The summed E-state index contributed by atoms with van der Waals surface area (Å²) >= 11 is 0. The predicted molar refractivity (Wildman–Crippen MR) is 61.5 cm³/mol. The Morgan fingerprint density at radius 1 is 1.37 bits per heavy atom. The van der Waals surface area contributed by atoms with Gasteiger partial charge >= 0.3 is 0 Å². The molecule has 0 bridgehead atoms. The van der Waals surface area contributed by atoms with E-state index in [0.29, 0.717) is 0 Å². The summed E-state index contributed by atoms with van der Waals surface area (Å²) in [6.07, 6.45) is -4.08. The van der Waals surface area contributed by atoms with Gasteiger partial charge in [-0.05, 0) is 13.8 Å². The molecular formula is C10H18O8S. The van der Waals surface area contributed by atoms with Crippen molar-refractivity contribution in [2.45, 2.75) is 50.3 Å². The van der Waals surface area contributed by atoms with E-state index in [4.69, 9.17) is 14.2 Å². The van der Waals surface area contributed by atoms with Gasteiger partial charge < -0.3 is 24.4 Å². The van der Waals surface area contributed by atoms with Crippen molar-refractivity contribution < 1.29 is 37.0 Å². The fraction of sp³-hybridized carbons (Fsp3) is 1.00. The molecule has 2 rings (SSSR count). The third kappa shape index (κ3) is 3.43. The van der Waals surface area contributed by atoms with Crippen LogP contribution >= 0.6 is 0 Å². The van der Waals surface area contributed by atoms with Crippen LogP contribution in [-0.4, -0.2) is 68.0 Å². The Labute approximate surface area is 111 Å². The average Bonchev–Trinajstić information content (AvgIpc) is 2.69. The van der Waals surface area contributed by atoms with Crippen LogP contribution in [0.2, 0.25) is 0 Å². The maximum atomic E-state index is 10.8. The molecule has 112 valence electrons. The molecule has 0 amide bonds. The highest BCUT2D eigenvalue weighted by Gasteiger charge is 2.55. The molecule has 2 aliphatic heterocycles. The fourth-order valence-electron chi connectivity index (χ4n) is 2.12. The van der Waals surface area contributed by atoms with Crippen LogP contribution in [0.4, 0.5) is 0 Å². The lowest BCUT2D eigenvalue weighted by Crippen LogP contribution is -2.43. The second-order valence-electron chi connectivity index (χ2n) is 5.12. The summed E-state index contributed by atoms with van der Waals surface area (Å²) in [5, 5.41) is 19.8. The van der Waals surface area contributed by atoms with Gasteiger partial charge in [-0.3, -0.25) is 4.18 Å². The minimum absolute atomic E-state index is 0.497. The normalized spacial score (nSPS) is 39.2. The largest absolute Gasteiger partial charge is 0.388 e. The molecule has 0 aromatic carbocycles. The number of hydrogen-bond donors (Lipinski definition) is 2. The van der Waals surface area contributed by atoms with Gasteiger partial charge in [-0.2, -0.15) is 8.42 Å². The number of ether oxygens (including phenoxy) is 3. The van der Waals surface area contributed by atoms with Gasteiger partial charge in [0.05, 0.1) is 12.9 Å². The first-order valence-electron chi connectivity index (χ1n) is 5.81. The number of fused-ring (bicyclic) bond motifs is 1. The molecule has 2 saturated heterocycles. The lowest BCUT2D eigenvalue weighted by molar-refractivity contribution is -0.226. The Kier molecular flexibility index (Phi) is 3.91. The summed E-state index contributed by atoms with van der Waals surface area (Å²) in [6, 6.07) is 0. The van der Waals surface area contributed by atoms with Crippen LogP contribution in [0, 0.1) is 0 Å². The molecule has 0 spiro atoms. The van der Waals surface area contributed by atoms with Crippen LogP contribution < -0.4 is 0 Å². The highest BCUT2D eigenvalue weighted by molar-refractivity contribution is 7.85. The zero-order valence-corrected chi connectivity index (χ0v) is 11.7. The van der Waals surface area contributed by atoms with Crippen molar-refractivity contribution in [1.29, 1.82) is 0 Å². The Morgan fingerprint density at radius 2 is 2.00 bits per heavy atom. The van der Waals surface area contributed by atoms with E-state index in [1.165, 1.54) is 0 Å². The molecule has 8 nitrogen and oxygen atoms in total. The summed E-state index contributed by atoms with van der Waals surface area (Å²) in [6.45, 7) is 2.86. The Morgan fingerprint density at radius 3 is 2.53 bits per heavy atom. The van der Waals surface area contributed by atoms with Gasteiger partial charge in [-0.25, -0.2) is 0 Å². The van der Waals surface area contributed by atoms with Crippen LogP contribution in [-0.2, 0) is 28.5 Å². The zero-order valence-electron chi connectivity index (χ0n) is 10.8. The summed E-state index contributed by atoms with van der Waals surface area (Å²) in [7, 11) is -3.66. The highest BCUT2D eigenvalue weighted by Crippen LogP contribution is 2.38. The number of rotatable bonds is 4. The van der Waals surface area contributed by atoms with Crippen LogP contribution in [0.15, 0.2) is 0 Å². The van der Waals surface area contributed by atoms with Crippen LogP contribution in [0.3, 0.4) is 0 Å². The first-order valence-corrected chi connectivity index (χ1v) is 7.62. The second-order valence-corrected chi connectivity index (χ2v) is 6.76. The van der Waals surface area contributed by atoms with Crippen molar-refractivity contribution in [2.24, 2.45) is 0 Å². The van der Waals surface area contributed by atoms with E-state index in [9.17, 15) is 18.6 Å². The molecule has 2 heterocycles. The lowest BCUT2D eigenvalue weighted by Gasteiger charge is -2.25. The van der Waals surface area contributed by atoms with E-state index >= 15 is 0 Å². The zero-order chi connectivity index (χ0) is 14.4. The monoisotopic (exact) mass is 298 g/mol. The minimum atomic E-state index is -3.66. The van der Waals surface area contributed by atoms with Crippen molar-refractivity contribution in [3.8, 4) is 0 Å². The Bertz CT molecular complexity index is 433. The van der Waals surface area contributed by atoms with E-state index in [1.54, 1.807) is 13.8 Å². The number of aliphatic hydroxyl groups is 2. The van der Waals surface area contributed by atoms with E-state index in [0.717, 1.165) is 6.26 Å². The summed E-state index contributed by atoms with van der Waals surface area (Å²) < 4.78 is 42.3. The van der Waals surface area contributed by atoms with E-state index < -0.39 is 53.2 Å². The van der Waals surface area contributed by atoms with Gasteiger partial charge in [-0.15, -0.1) is 0 Å². The lowest BCUT2D eigenvalue weighted by atomic mass is 10.1. The van der Waals surface area contributed by atoms with Gasteiger partial charge in [0.25, 0.3) is 10.1 Å². The van der Waals surface area contributed by atoms with Crippen LogP contribution in [0.25, 0.3) is 0 Å². The van der Waals surface area contributed by atoms with E-state index in [1.807, 2.05) is 0 Å². The predicted octanol–water partition coefficient (Wildman–Crippen LogP) is -1.44. The van der Waals surface area contributed by atoms with Crippen molar-refractivity contribution >= 4 is 10.1 Å². The Balaban J connectivity index is 1.94. The molecule has 2 N–H and O–H groups in total. The molecule has 0 saturated carbocycles. The molecule has 0 radical (unpaired) electrons. The molecule has 5 atom stereocenters. The van der Waals surface area contributed by atoms with Gasteiger partial charge in [0.1, 0.15) is 24.4 Å². The van der Waals surface area contributed by atoms with Crippen molar-refractivity contribution in [3.05, 3.63) is 0 Å². The molecule has 2 aliphatic rings. The highest BCUT2D eigenvalue weighted by atomic mass is 32.2. The standard InChI is InChI=1S/C10H18O8S/c1-10(2)17-8-6(12)7(16-9(8)18-10)5(11)4-15-19(3,13)14/h5-9,11-12H,4H2,1-3H3/t5-,6+,7-,8-,9-/m1/s1. The van der Waals surface area contributed by atoms with Gasteiger partial charge in [0, 0.05) is 0 Å². The fourth-order valence-corrected chi connectivity index (χ4v) is 2.51. The third-order valence-electron chi connectivity index (χ3n) is 2.88. The van der Waals surface area contributed by atoms with Crippen molar-refractivity contribution in [2.75, 3.05) is 12.9 Å². The summed E-state index contributed by atoms with van der Waals surface area (Å²) in [4.78, 5) is 0. The van der Waals surface area contributed by atoms with Crippen LogP contribution in [0.5, 0.6) is 0 Å². The van der Waals surface area contributed by atoms with Gasteiger partial charge in [0.15, 0.2) is 12.1 Å². The van der Waals surface area contributed by atoms with E-state index in [-0.39, 0.29) is 0 Å². The Hall–Kier alpha value is -0.290. The maximum absolute atomic E-state index is 10.8. The van der Waals surface area contributed by atoms with Crippen LogP contribution in [0.1, 0.15) is 13.8 Å². The molecule has 0 aromatic rings. The topological polar surface area (TPSA) is 112 Å². The molecule has 0 aliphatic carbocycles. The van der Waals surface area contributed by atoms with Crippen molar-refractivity contribution in [1.82, 2.24) is 0 Å². The maximum Gasteiger partial charge on any atom is 0.264 e. The van der Waals surface area contributed by atoms with E-state index in [2.05, 4.69) is 4.18 Å². The van der Waals surface area contributed by atoms with Gasteiger partial charge in [-0.1, -0.05) is 0 Å². The molecule has 9 heteroatoms.